The lowest BCUT2D eigenvalue weighted by Crippen LogP contribution is -2.27. The van der Waals surface area contributed by atoms with Crippen LogP contribution in [0.4, 0.5) is 18.9 Å². The number of benzene rings is 2. The molecule has 0 amide bonds. The first-order valence-corrected chi connectivity index (χ1v) is 6.96. The Kier molecular flexibility index (Phi) is 3.71. The van der Waals surface area contributed by atoms with Gasteiger partial charge in [0, 0.05) is 13.1 Å². The molecular formula is C13H10F3NO2S. The van der Waals surface area contributed by atoms with Crippen LogP contribution in [0.2, 0.25) is 0 Å². The van der Waals surface area contributed by atoms with E-state index in [0.717, 1.165) is 13.1 Å². The van der Waals surface area contributed by atoms with Crippen LogP contribution in [-0.4, -0.2) is 15.5 Å². The molecule has 20 heavy (non-hydrogen) atoms. The molecule has 0 aliphatic carbocycles. The molecule has 2 aromatic rings. The van der Waals surface area contributed by atoms with E-state index in [1.54, 1.807) is 0 Å². The van der Waals surface area contributed by atoms with Crippen LogP contribution in [-0.2, 0) is 10.0 Å². The molecule has 7 heteroatoms. The number of para-hydroxylation sites is 1. The molecular weight excluding hydrogens is 291 g/mol. The quantitative estimate of drug-likeness (QED) is 0.874. The van der Waals surface area contributed by atoms with Crippen molar-refractivity contribution in [1.82, 2.24) is 0 Å². The molecule has 0 aliphatic heterocycles. The molecule has 0 saturated heterocycles. The van der Waals surface area contributed by atoms with Crippen LogP contribution in [0.15, 0.2) is 47.4 Å². The topological polar surface area (TPSA) is 37.4 Å². The van der Waals surface area contributed by atoms with E-state index in [9.17, 15) is 21.6 Å². The van der Waals surface area contributed by atoms with Gasteiger partial charge in [-0.25, -0.2) is 21.6 Å². The number of rotatable bonds is 3. The molecule has 0 spiro atoms. The molecule has 106 valence electrons. The van der Waals surface area contributed by atoms with Crippen molar-refractivity contribution in [3.05, 3.63) is 59.9 Å². The second-order valence-electron chi connectivity index (χ2n) is 4.03. The van der Waals surface area contributed by atoms with E-state index < -0.39 is 32.4 Å². The van der Waals surface area contributed by atoms with E-state index in [0.29, 0.717) is 22.5 Å². The highest BCUT2D eigenvalue weighted by Gasteiger charge is 2.24. The fourth-order valence-electron chi connectivity index (χ4n) is 1.67. The van der Waals surface area contributed by atoms with Gasteiger partial charge in [0.2, 0.25) is 0 Å². The van der Waals surface area contributed by atoms with Gasteiger partial charge in [-0.1, -0.05) is 12.1 Å². The van der Waals surface area contributed by atoms with Gasteiger partial charge in [-0.05, 0) is 24.3 Å². The molecule has 0 N–H and O–H groups in total. The summed E-state index contributed by atoms with van der Waals surface area (Å²) < 4.78 is 64.9. The van der Waals surface area contributed by atoms with Crippen LogP contribution in [0.1, 0.15) is 0 Å². The maximum Gasteiger partial charge on any atom is 0.264 e. The third kappa shape index (κ3) is 2.62. The molecule has 3 nitrogen and oxygen atoms in total. The third-order valence-electron chi connectivity index (χ3n) is 2.69. The summed E-state index contributed by atoms with van der Waals surface area (Å²) in [4.78, 5) is -0.583. The van der Waals surface area contributed by atoms with Crippen molar-refractivity contribution in [3.63, 3.8) is 0 Å². The molecule has 0 aliphatic rings. The number of sulfonamides is 1. The zero-order valence-electron chi connectivity index (χ0n) is 10.3. The molecule has 0 aromatic heterocycles. The Hall–Kier alpha value is -2.02. The largest absolute Gasteiger partial charge is 0.266 e. The summed E-state index contributed by atoms with van der Waals surface area (Å²) >= 11 is 0. The molecule has 0 atom stereocenters. The summed E-state index contributed by atoms with van der Waals surface area (Å²) in [5.41, 5.74) is -0.211. The summed E-state index contributed by atoms with van der Waals surface area (Å²) in [7, 11) is -3.14. The standard InChI is InChI=1S/C13H10F3NO2S/c1-17(13-5-3-2-4-12(13)16)20(18,19)11-7-9(14)6-10(15)8-11/h2-8H,1H3. The number of hydrogen-bond acceptors (Lipinski definition) is 2. The predicted molar refractivity (Wildman–Crippen MR) is 68.3 cm³/mol. The number of nitrogens with zero attached hydrogens (tertiary/aromatic N) is 1. The first-order chi connectivity index (χ1) is 9.32. The van der Waals surface area contributed by atoms with Crippen LogP contribution in [0.3, 0.4) is 0 Å². The van der Waals surface area contributed by atoms with E-state index in [4.69, 9.17) is 0 Å². The minimum atomic E-state index is -4.25. The second-order valence-corrected chi connectivity index (χ2v) is 6.00. The summed E-state index contributed by atoms with van der Waals surface area (Å²) in [5, 5.41) is 0. The predicted octanol–water partition coefficient (Wildman–Crippen LogP) is 2.93. The zero-order chi connectivity index (χ0) is 14.9. The van der Waals surface area contributed by atoms with Crippen LogP contribution in [0.5, 0.6) is 0 Å². The maximum absolute atomic E-state index is 13.6. The highest BCUT2D eigenvalue weighted by Crippen LogP contribution is 2.25. The maximum atomic E-state index is 13.6. The van der Waals surface area contributed by atoms with Gasteiger partial charge in [0.1, 0.15) is 17.5 Å². The molecule has 0 fully saturated rings. The van der Waals surface area contributed by atoms with E-state index in [2.05, 4.69) is 0 Å². The fraction of sp³-hybridized carbons (Fsp3) is 0.0769. The lowest BCUT2D eigenvalue weighted by atomic mass is 10.3. The van der Waals surface area contributed by atoms with Gasteiger partial charge >= 0.3 is 0 Å². The fourth-order valence-corrected chi connectivity index (χ4v) is 2.92. The van der Waals surface area contributed by atoms with Crippen LogP contribution in [0.25, 0.3) is 0 Å². The van der Waals surface area contributed by atoms with Crippen molar-refractivity contribution in [2.45, 2.75) is 4.90 Å². The SMILES string of the molecule is CN(c1ccccc1F)S(=O)(=O)c1cc(F)cc(F)c1. The van der Waals surface area contributed by atoms with E-state index in [1.807, 2.05) is 0 Å². The van der Waals surface area contributed by atoms with Crippen LogP contribution >= 0.6 is 0 Å². The van der Waals surface area contributed by atoms with Crippen molar-refractivity contribution >= 4 is 15.7 Å². The first kappa shape index (κ1) is 14.4. The van der Waals surface area contributed by atoms with Crippen molar-refractivity contribution < 1.29 is 21.6 Å². The van der Waals surface area contributed by atoms with Crippen LogP contribution < -0.4 is 4.31 Å². The lowest BCUT2D eigenvalue weighted by molar-refractivity contribution is 0.565. The molecule has 2 aromatic carbocycles. The van der Waals surface area contributed by atoms with Gasteiger partial charge in [0.15, 0.2) is 0 Å². The molecule has 0 radical (unpaired) electrons. The number of halogens is 3. The van der Waals surface area contributed by atoms with Gasteiger partial charge in [-0.2, -0.15) is 0 Å². The van der Waals surface area contributed by atoms with Crippen molar-refractivity contribution in [3.8, 4) is 0 Å². The molecule has 0 bridgehead atoms. The molecule has 0 unspecified atom stereocenters. The number of anilines is 1. The smallest absolute Gasteiger partial charge is 0.264 e. The second kappa shape index (κ2) is 5.16. The van der Waals surface area contributed by atoms with Crippen molar-refractivity contribution in [2.75, 3.05) is 11.4 Å². The van der Waals surface area contributed by atoms with Crippen molar-refractivity contribution in [2.24, 2.45) is 0 Å². The van der Waals surface area contributed by atoms with Gasteiger partial charge in [-0.15, -0.1) is 0 Å². The normalized spacial score (nSPS) is 11.4. The van der Waals surface area contributed by atoms with E-state index in [1.165, 1.54) is 18.2 Å². The Balaban J connectivity index is 2.52. The van der Waals surface area contributed by atoms with Gasteiger partial charge in [0.25, 0.3) is 10.0 Å². The summed E-state index contributed by atoms with van der Waals surface area (Å²) in [6, 6.07) is 7.11. The number of hydrogen-bond donors (Lipinski definition) is 0. The Morgan fingerprint density at radius 3 is 2.05 bits per heavy atom. The lowest BCUT2D eigenvalue weighted by Gasteiger charge is -2.20. The Labute approximate surface area is 114 Å². The van der Waals surface area contributed by atoms with E-state index in [-0.39, 0.29) is 5.69 Å². The summed E-state index contributed by atoms with van der Waals surface area (Å²) in [5.74, 6) is -2.80. The highest BCUT2D eigenvalue weighted by atomic mass is 32.2. The summed E-state index contributed by atoms with van der Waals surface area (Å²) in [6.45, 7) is 0. The van der Waals surface area contributed by atoms with Crippen molar-refractivity contribution in [1.29, 1.82) is 0 Å². The minimum Gasteiger partial charge on any atom is -0.266 e. The summed E-state index contributed by atoms with van der Waals surface area (Å²) in [6.07, 6.45) is 0. The molecule has 0 heterocycles. The highest BCUT2D eigenvalue weighted by molar-refractivity contribution is 7.92. The zero-order valence-corrected chi connectivity index (χ0v) is 11.2. The molecule has 0 saturated carbocycles. The first-order valence-electron chi connectivity index (χ1n) is 5.52. The van der Waals surface area contributed by atoms with Gasteiger partial charge < -0.3 is 0 Å². The third-order valence-corrected chi connectivity index (χ3v) is 4.44. The van der Waals surface area contributed by atoms with Crippen LogP contribution in [0, 0.1) is 17.5 Å². The van der Waals surface area contributed by atoms with E-state index >= 15 is 0 Å². The average molecular weight is 301 g/mol. The monoisotopic (exact) mass is 301 g/mol. The minimum absolute atomic E-state index is 0.211. The Morgan fingerprint density at radius 2 is 1.50 bits per heavy atom. The Bertz CT molecular complexity index is 727. The average Bonchev–Trinajstić information content (AvgIpc) is 2.37. The van der Waals surface area contributed by atoms with Gasteiger partial charge in [-0.3, -0.25) is 4.31 Å². The Morgan fingerprint density at radius 1 is 0.950 bits per heavy atom. The van der Waals surface area contributed by atoms with Gasteiger partial charge in [0.05, 0.1) is 10.6 Å². The molecule has 2 rings (SSSR count).